The number of anilines is 2. The fourth-order valence-corrected chi connectivity index (χ4v) is 4.18. The number of hydrogen-bond donors (Lipinski definition) is 3. The summed E-state index contributed by atoms with van der Waals surface area (Å²) in [6, 6.07) is 11.3. The van der Waals surface area contributed by atoms with E-state index in [2.05, 4.69) is 15.0 Å². The summed E-state index contributed by atoms with van der Waals surface area (Å²) in [5.74, 6) is -0.112. The van der Waals surface area contributed by atoms with Crippen molar-refractivity contribution in [2.45, 2.75) is 24.7 Å². The van der Waals surface area contributed by atoms with E-state index >= 15 is 0 Å². The van der Waals surface area contributed by atoms with Gasteiger partial charge in [-0.3, -0.25) is 9.52 Å². The molecule has 4 rings (SSSR count). The first kappa shape index (κ1) is 17.3. The van der Waals surface area contributed by atoms with E-state index in [0.29, 0.717) is 35.3 Å². The highest BCUT2D eigenvalue weighted by atomic mass is 32.2. The second-order valence-corrected chi connectivity index (χ2v) is 8.19. The molecule has 7 nitrogen and oxygen atoms in total. The second kappa shape index (κ2) is 6.24. The van der Waals surface area contributed by atoms with Crippen LogP contribution in [0.15, 0.2) is 47.4 Å². The Labute approximate surface area is 156 Å². The molecule has 27 heavy (non-hydrogen) atoms. The Morgan fingerprint density at radius 3 is 2.74 bits per heavy atom. The SMILES string of the molecule is Cc1cc2cc(NS(=O)(=O)c3ccc4c(c3)CCC(=O)N4)ccc2nc1O. The third kappa shape index (κ3) is 3.31. The molecular weight excluding hydrogens is 366 g/mol. The van der Waals surface area contributed by atoms with Gasteiger partial charge < -0.3 is 10.4 Å². The summed E-state index contributed by atoms with van der Waals surface area (Å²) >= 11 is 0. The minimum atomic E-state index is -3.78. The van der Waals surface area contributed by atoms with E-state index < -0.39 is 10.0 Å². The smallest absolute Gasteiger partial charge is 0.261 e. The number of fused-ring (bicyclic) bond motifs is 2. The molecule has 8 heteroatoms. The lowest BCUT2D eigenvalue weighted by atomic mass is 10.0. The van der Waals surface area contributed by atoms with Gasteiger partial charge >= 0.3 is 0 Å². The molecule has 0 atom stereocenters. The van der Waals surface area contributed by atoms with Crippen LogP contribution in [0.5, 0.6) is 5.88 Å². The summed E-state index contributed by atoms with van der Waals surface area (Å²) in [4.78, 5) is 15.6. The molecule has 0 bridgehead atoms. The van der Waals surface area contributed by atoms with Crippen LogP contribution in [0.4, 0.5) is 11.4 Å². The minimum absolute atomic E-state index is 0.0445. The topological polar surface area (TPSA) is 108 Å². The molecule has 0 aliphatic carbocycles. The highest BCUT2D eigenvalue weighted by Crippen LogP contribution is 2.28. The summed E-state index contributed by atoms with van der Waals surface area (Å²) in [5.41, 5.74) is 3.04. The van der Waals surface area contributed by atoms with Crippen molar-refractivity contribution >= 4 is 38.2 Å². The number of nitrogens with one attached hydrogen (secondary N) is 2. The lowest BCUT2D eigenvalue weighted by Gasteiger charge is -2.18. The van der Waals surface area contributed by atoms with Gasteiger partial charge in [-0.1, -0.05) is 0 Å². The van der Waals surface area contributed by atoms with Crippen LogP contribution < -0.4 is 10.0 Å². The van der Waals surface area contributed by atoms with E-state index in [1.54, 1.807) is 43.3 Å². The molecule has 2 aromatic carbocycles. The first-order valence-corrected chi connectivity index (χ1v) is 9.86. The van der Waals surface area contributed by atoms with Crippen molar-refractivity contribution in [1.82, 2.24) is 4.98 Å². The van der Waals surface area contributed by atoms with Crippen molar-refractivity contribution < 1.29 is 18.3 Å². The maximum Gasteiger partial charge on any atom is 0.261 e. The normalized spacial score (nSPS) is 13.9. The van der Waals surface area contributed by atoms with Crippen molar-refractivity contribution in [3.63, 3.8) is 0 Å². The zero-order chi connectivity index (χ0) is 19.2. The lowest BCUT2D eigenvalue weighted by molar-refractivity contribution is -0.116. The summed E-state index contributed by atoms with van der Waals surface area (Å²) < 4.78 is 28.1. The number of aryl methyl sites for hydroxylation is 2. The molecule has 0 unspecified atom stereocenters. The Hall–Kier alpha value is -3.13. The van der Waals surface area contributed by atoms with E-state index in [-0.39, 0.29) is 16.7 Å². The van der Waals surface area contributed by atoms with Gasteiger partial charge in [-0.25, -0.2) is 13.4 Å². The number of benzene rings is 2. The van der Waals surface area contributed by atoms with Crippen LogP contribution in [-0.4, -0.2) is 24.4 Å². The third-order valence-corrected chi connectivity index (χ3v) is 5.89. The minimum Gasteiger partial charge on any atom is -0.493 e. The second-order valence-electron chi connectivity index (χ2n) is 6.51. The Morgan fingerprint density at radius 1 is 1.11 bits per heavy atom. The molecule has 1 aliphatic rings. The van der Waals surface area contributed by atoms with Crippen molar-refractivity contribution in [3.8, 4) is 5.88 Å². The molecule has 1 aliphatic heterocycles. The van der Waals surface area contributed by atoms with Crippen LogP contribution in [0.25, 0.3) is 10.9 Å². The quantitative estimate of drug-likeness (QED) is 0.644. The molecule has 138 valence electrons. The molecule has 3 N–H and O–H groups in total. The molecule has 0 spiro atoms. The molecule has 0 saturated carbocycles. The first-order chi connectivity index (χ1) is 12.8. The average Bonchev–Trinajstić information content (AvgIpc) is 2.62. The van der Waals surface area contributed by atoms with Gasteiger partial charge in [0.25, 0.3) is 10.0 Å². The van der Waals surface area contributed by atoms with Crippen molar-refractivity contribution in [2.24, 2.45) is 0 Å². The standard InChI is InChI=1S/C19H17N3O4S/c1-11-8-13-9-14(3-5-17(13)21-19(11)24)22-27(25,26)15-4-6-16-12(10-15)2-7-18(23)20-16/h3-6,8-10,22H,2,7H2,1H3,(H,20,23)(H,21,24). The maximum atomic E-state index is 12.8. The summed E-state index contributed by atoms with van der Waals surface area (Å²) in [6.07, 6.45) is 0.850. The molecule has 0 fully saturated rings. The number of rotatable bonds is 3. The van der Waals surface area contributed by atoms with Gasteiger partial charge in [-0.2, -0.15) is 0 Å². The molecular formula is C19H17N3O4S. The van der Waals surface area contributed by atoms with Gasteiger partial charge in [0.15, 0.2) is 0 Å². The molecule has 0 radical (unpaired) electrons. The maximum absolute atomic E-state index is 12.8. The number of aromatic nitrogens is 1. The Bertz CT molecular complexity index is 1190. The first-order valence-electron chi connectivity index (χ1n) is 8.38. The zero-order valence-corrected chi connectivity index (χ0v) is 15.3. The Kier molecular flexibility index (Phi) is 4.00. The van der Waals surface area contributed by atoms with Gasteiger partial charge in [0.05, 0.1) is 10.4 Å². The number of hydrogen-bond acceptors (Lipinski definition) is 5. The van der Waals surface area contributed by atoms with Gasteiger partial charge in [-0.05, 0) is 61.4 Å². The van der Waals surface area contributed by atoms with Crippen LogP contribution in [0.3, 0.4) is 0 Å². The average molecular weight is 383 g/mol. The predicted octanol–water partition coefficient (Wildman–Crippen LogP) is 2.93. The molecule has 0 saturated heterocycles. The van der Waals surface area contributed by atoms with Gasteiger partial charge in [-0.15, -0.1) is 0 Å². The molecule has 3 aromatic rings. The van der Waals surface area contributed by atoms with E-state index in [4.69, 9.17) is 0 Å². The highest BCUT2D eigenvalue weighted by Gasteiger charge is 2.20. The highest BCUT2D eigenvalue weighted by molar-refractivity contribution is 7.92. The van der Waals surface area contributed by atoms with E-state index in [1.165, 1.54) is 6.07 Å². The molecule has 2 heterocycles. The number of nitrogens with zero attached hydrogens (tertiary/aromatic N) is 1. The molecule has 1 amide bonds. The predicted molar refractivity (Wildman–Crippen MR) is 102 cm³/mol. The van der Waals surface area contributed by atoms with Crippen LogP contribution in [0.1, 0.15) is 17.5 Å². The van der Waals surface area contributed by atoms with Crippen molar-refractivity contribution in [3.05, 3.63) is 53.6 Å². The summed E-state index contributed by atoms with van der Waals surface area (Å²) in [6.45, 7) is 1.73. The summed E-state index contributed by atoms with van der Waals surface area (Å²) in [7, 11) is -3.78. The van der Waals surface area contributed by atoms with Crippen LogP contribution in [0.2, 0.25) is 0 Å². The Morgan fingerprint density at radius 2 is 1.93 bits per heavy atom. The van der Waals surface area contributed by atoms with E-state index in [1.807, 2.05) is 0 Å². The number of carbonyl (C=O) groups is 1. The van der Waals surface area contributed by atoms with E-state index in [0.717, 1.165) is 10.9 Å². The number of pyridine rings is 1. The van der Waals surface area contributed by atoms with Gasteiger partial charge in [0, 0.05) is 28.7 Å². The van der Waals surface area contributed by atoms with Crippen LogP contribution >= 0.6 is 0 Å². The van der Waals surface area contributed by atoms with Crippen LogP contribution in [-0.2, 0) is 21.2 Å². The fraction of sp³-hybridized carbons (Fsp3) is 0.158. The number of amides is 1. The fourth-order valence-electron chi connectivity index (χ4n) is 3.08. The number of aromatic hydroxyl groups is 1. The Balaban J connectivity index is 1.66. The van der Waals surface area contributed by atoms with Crippen LogP contribution in [0, 0.1) is 6.92 Å². The van der Waals surface area contributed by atoms with Gasteiger partial charge in [0.1, 0.15) is 0 Å². The summed E-state index contributed by atoms with van der Waals surface area (Å²) in [5, 5.41) is 13.1. The third-order valence-electron chi connectivity index (χ3n) is 4.51. The monoisotopic (exact) mass is 383 g/mol. The van der Waals surface area contributed by atoms with Crippen molar-refractivity contribution in [2.75, 3.05) is 10.0 Å². The number of carbonyl (C=O) groups excluding carboxylic acids is 1. The zero-order valence-electron chi connectivity index (χ0n) is 14.5. The number of sulfonamides is 1. The lowest BCUT2D eigenvalue weighted by Crippen LogP contribution is -2.20. The van der Waals surface area contributed by atoms with Crippen molar-refractivity contribution in [1.29, 1.82) is 0 Å². The largest absolute Gasteiger partial charge is 0.493 e. The molecule has 1 aromatic heterocycles. The van der Waals surface area contributed by atoms with E-state index in [9.17, 15) is 18.3 Å². The van der Waals surface area contributed by atoms with Gasteiger partial charge in [0.2, 0.25) is 11.8 Å².